The van der Waals surface area contributed by atoms with E-state index in [4.69, 9.17) is 5.73 Å². The van der Waals surface area contributed by atoms with Crippen LogP contribution in [-0.4, -0.2) is 0 Å². The Labute approximate surface area is 96.8 Å². The van der Waals surface area contributed by atoms with Crippen molar-refractivity contribution in [2.45, 2.75) is 26.3 Å². The van der Waals surface area contributed by atoms with Crippen LogP contribution in [0.5, 0.6) is 0 Å². The van der Waals surface area contributed by atoms with Crippen LogP contribution in [0.1, 0.15) is 30.5 Å². The largest absolute Gasteiger partial charge is 0.322 e. The van der Waals surface area contributed by atoms with E-state index in [-0.39, 0.29) is 22.5 Å². The zero-order chi connectivity index (χ0) is 10.1. The van der Waals surface area contributed by atoms with E-state index < -0.39 is 0 Å². The van der Waals surface area contributed by atoms with Crippen molar-refractivity contribution in [3.8, 4) is 0 Å². The molecule has 0 aliphatic rings. The number of hydrogen-bond acceptors (Lipinski definition) is 1. The highest BCUT2D eigenvalue weighted by Gasteiger charge is 2.15. The molecule has 0 saturated heterocycles. The summed E-state index contributed by atoms with van der Waals surface area (Å²) in [7, 11) is 0. The van der Waals surface area contributed by atoms with Gasteiger partial charge in [0.25, 0.3) is 0 Å². The van der Waals surface area contributed by atoms with Crippen LogP contribution in [0.2, 0.25) is 0 Å². The molecule has 14 heavy (non-hydrogen) atoms. The van der Waals surface area contributed by atoms with E-state index in [1.807, 2.05) is 26.0 Å². The predicted molar refractivity (Wildman–Crippen MR) is 68.8 cm³/mol. The minimum absolute atomic E-state index is 0. The summed E-state index contributed by atoms with van der Waals surface area (Å²) >= 11 is 0. The minimum Gasteiger partial charge on any atom is -0.322 e. The molecule has 2 heteroatoms. The van der Waals surface area contributed by atoms with Gasteiger partial charge < -0.3 is 5.73 Å². The Morgan fingerprint density at radius 3 is 2.29 bits per heavy atom. The number of aryl methyl sites for hydroxylation is 1. The molecule has 1 aromatic carbocycles. The fourth-order valence-corrected chi connectivity index (χ4v) is 1.54. The molecule has 78 valence electrons. The number of nitrogens with two attached hydrogens (primary N) is 1. The van der Waals surface area contributed by atoms with Crippen LogP contribution in [0.25, 0.3) is 6.08 Å². The van der Waals surface area contributed by atoms with E-state index >= 15 is 0 Å². The van der Waals surface area contributed by atoms with Gasteiger partial charge in [0.2, 0.25) is 0 Å². The van der Waals surface area contributed by atoms with Gasteiger partial charge in [0.05, 0.1) is 0 Å². The van der Waals surface area contributed by atoms with Gasteiger partial charge in [-0.25, -0.2) is 0 Å². The molecule has 0 aliphatic carbocycles. The van der Waals surface area contributed by atoms with E-state index in [0.29, 0.717) is 0 Å². The van der Waals surface area contributed by atoms with Crippen molar-refractivity contribution in [3.05, 3.63) is 41.5 Å². The van der Waals surface area contributed by atoms with Crippen LogP contribution in [0.15, 0.2) is 24.8 Å². The number of halogens is 1. The quantitative estimate of drug-likeness (QED) is 0.862. The molecule has 0 unspecified atom stereocenters. The Balaban J connectivity index is 0.00000169. The van der Waals surface area contributed by atoms with Gasteiger partial charge in [-0.15, -0.1) is 17.0 Å². The third-order valence-corrected chi connectivity index (χ3v) is 2.18. The van der Waals surface area contributed by atoms with Gasteiger partial charge in [0.1, 0.15) is 0 Å². The molecule has 0 heterocycles. The van der Waals surface area contributed by atoms with Crippen molar-refractivity contribution >= 4 is 23.1 Å². The molecule has 0 fully saturated rings. The first-order valence-corrected chi connectivity index (χ1v) is 4.47. The van der Waals surface area contributed by atoms with E-state index in [2.05, 4.69) is 25.6 Å². The monoisotopic (exact) mass is 255 g/mol. The topological polar surface area (TPSA) is 26.0 Å². The first kappa shape index (κ1) is 13.4. The standard InChI is InChI=1S/C12H17N.BrH/c1-5-10-6-7-11(9(2)8-10)12(3,4)13;/h5-8H,1,13H2,2-4H3;1H. The van der Waals surface area contributed by atoms with Gasteiger partial charge in [0, 0.05) is 5.54 Å². The average molecular weight is 256 g/mol. The molecule has 2 N–H and O–H groups in total. The Hall–Kier alpha value is -0.600. The first-order chi connectivity index (χ1) is 5.95. The fourth-order valence-electron chi connectivity index (χ4n) is 1.54. The summed E-state index contributed by atoms with van der Waals surface area (Å²) in [5, 5.41) is 0. The number of rotatable bonds is 2. The maximum Gasteiger partial charge on any atom is 0.0355 e. The molecule has 0 radical (unpaired) electrons. The molecule has 1 nitrogen and oxygen atoms in total. The summed E-state index contributed by atoms with van der Waals surface area (Å²) in [4.78, 5) is 0. The van der Waals surface area contributed by atoms with Crippen LogP contribution in [0.3, 0.4) is 0 Å². The Morgan fingerprint density at radius 2 is 1.93 bits per heavy atom. The molecular formula is C12H18BrN. The van der Waals surface area contributed by atoms with Gasteiger partial charge in [-0.2, -0.15) is 0 Å². The van der Waals surface area contributed by atoms with Crippen molar-refractivity contribution in [3.63, 3.8) is 0 Å². The molecule has 0 aromatic heterocycles. The van der Waals surface area contributed by atoms with Crippen LogP contribution >= 0.6 is 17.0 Å². The summed E-state index contributed by atoms with van der Waals surface area (Å²) in [6.45, 7) is 9.85. The molecule has 0 amide bonds. The maximum atomic E-state index is 6.02. The summed E-state index contributed by atoms with van der Waals surface area (Å²) in [5.41, 5.74) is 9.33. The second-order valence-corrected chi connectivity index (χ2v) is 4.00. The van der Waals surface area contributed by atoms with Crippen molar-refractivity contribution in [1.82, 2.24) is 0 Å². The van der Waals surface area contributed by atoms with Gasteiger partial charge in [0.15, 0.2) is 0 Å². The Bertz CT molecular complexity index is 324. The molecular weight excluding hydrogens is 238 g/mol. The fraction of sp³-hybridized carbons (Fsp3) is 0.333. The molecule has 0 bridgehead atoms. The van der Waals surface area contributed by atoms with Crippen LogP contribution in [0.4, 0.5) is 0 Å². The molecule has 0 spiro atoms. The summed E-state index contributed by atoms with van der Waals surface area (Å²) in [5.74, 6) is 0. The van der Waals surface area contributed by atoms with Gasteiger partial charge in [-0.1, -0.05) is 30.9 Å². The maximum absolute atomic E-state index is 6.02. The number of benzene rings is 1. The van der Waals surface area contributed by atoms with Gasteiger partial charge >= 0.3 is 0 Å². The van der Waals surface area contributed by atoms with Crippen LogP contribution in [0, 0.1) is 6.92 Å². The smallest absolute Gasteiger partial charge is 0.0355 e. The third kappa shape index (κ3) is 2.96. The van der Waals surface area contributed by atoms with Crippen molar-refractivity contribution < 1.29 is 0 Å². The van der Waals surface area contributed by atoms with E-state index in [0.717, 1.165) is 5.56 Å². The SMILES string of the molecule is Br.C=Cc1ccc(C(C)(C)N)c(C)c1. The summed E-state index contributed by atoms with van der Waals surface area (Å²) in [6, 6.07) is 6.23. The molecule has 1 rings (SSSR count). The third-order valence-electron chi connectivity index (χ3n) is 2.18. The molecule has 0 atom stereocenters. The lowest BCUT2D eigenvalue weighted by atomic mass is 9.90. The predicted octanol–water partition coefficient (Wildman–Crippen LogP) is 3.41. The molecule has 1 aromatic rings. The highest BCUT2D eigenvalue weighted by Crippen LogP contribution is 2.22. The highest BCUT2D eigenvalue weighted by molar-refractivity contribution is 8.93. The minimum atomic E-state index is -0.260. The van der Waals surface area contributed by atoms with Gasteiger partial charge in [-0.3, -0.25) is 0 Å². The molecule has 0 saturated carbocycles. The zero-order valence-corrected chi connectivity index (χ0v) is 10.7. The van der Waals surface area contributed by atoms with Crippen LogP contribution < -0.4 is 5.73 Å². The van der Waals surface area contributed by atoms with E-state index in [1.165, 1.54) is 11.1 Å². The zero-order valence-electron chi connectivity index (χ0n) is 9.00. The first-order valence-electron chi connectivity index (χ1n) is 4.47. The summed E-state index contributed by atoms with van der Waals surface area (Å²) < 4.78 is 0. The Morgan fingerprint density at radius 1 is 1.36 bits per heavy atom. The number of hydrogen-bond donors (Lipinski definition) is 1. The van der Waals surface area contributed by atoms with E-state index in [9.17, 15) is 0 Å². The van der Waals surface area contributed by atoms with E-state index in [1.54, 1.807) is 0 Å². The Kier molecular flexibility index (Phi) is 4.56. The second kappa shape index (κ2) is 4.76. The normalized spacial score (nSPS) is 10.6. The lowest BCUT2D eigenvalue weighted by molar-refractivity contribution is 0.551. The average Bonchev–Trinajstić information content (AvgIpc) is 2.01. The molecule has 0 aliphatic heterocycles. The highest BCUT2D eigenvalue weighted by atomic mass is 79.9. The summed E-state index contributed by atoms with van der Waals surface area (Å²) in [6.07, 6.45) is 1.85. The lowest BCUT2D eigenvalue weighted by Gasteiger charge is -2.21. The second-order valence-electron chi connectivity index (χ2n) is 4.00. The van der Waals surface area contributed by atoms with Crippen molar-refractivity contribution in [2.24, 2.45) is 5.73 Å². The van der Waals surface area contributed by atoms with Gasteiger partial charge in [-0.05, 0) is 37.5 Å². The van der Waals surface area contributed by atoms with Crippen LogP contribution in [-0.2, 0) is 5.54 Å². The van der Waals surface area contributed by atoms with Crippen molar-refractivity contribution in [2.75, 3.05) is 0 Å². The van der Waals surface area contributed by atoms with Crippen molar-refractivity contribution in [1.29, 1.82) is 0 Å². The lowest BCUT2D eigenvalue weighted by Crippen LogP contribution is -2.29.